The van der Waals surface area contributed by atoms with Crippen LogP contribution in [0.15, 0.2) is 176 Å². The highest BCUT2D eigenvalue weighted by molar-refractivity contribution is 6.16. The molecular formula is C49H30N4. The molecule has 1 unspecified atom stereocenters. The molecule has 2 heterocycles. The van der Waals surface area contributed by atoms with Gasteiger partial charge in [0.2, 0.25) is 0 Å². The second-order valence-electron chi connectivity index (χ2n) is 13.8. The summed E-state index contributed by atoms with van der Waals surface area (Å²) in [5, 5.41) is 2.51. The van der Waals surface area contributed by atoms with Crippen LogP contribution in [0.3, 0.4) is 0 Å². The van der Waals surface area contributed by atoms with Crippen molar-refractivity contribution in [1.29, 1.82) is 0 Å². The molecule has 0 aliphatic heterocycles. The summed E-state index contributed by atoms with van der Waals surface area (Å²) in [6.07, 6.45) is 3.96. The Balaban J connectivity index is 1.15. The van der Waals surface area contributed by atoms with E-state index >= 15 is 0 Å². The Kier molecular flexibility index (Phi) is 6.58. The lowest BCUT2D eigenvalue weighted by atomic mass is 9.86. The maximum atomic E-state index is 5.32. The van der Waals surface area contributed by atoms with Crippen molar-refractivity contribution in [2.24, 2.45) is 0 Å². The zero-order valence-corrected chi connectivity index (χ0v) is 28.6. The van der Waals surface area contributed by atoms with Crippen molar-refractivity contribution < 1.29 is 0 Å². The SMILES string of the molecule is c1ccc(-c2ccc(-c3nc(-c4ccccc4)nc(C4c5ccccc5-c5c4ccc4c5-c5cnccc5-c5cccc6cccc-4c56)n3)cc2)cc1. The molecule has 9 aromatic rings. The summed E-state index contributed by atoms with van der Waals surface area (Å²) in [5.41, 5.74) is 16.3. The lowest BCUT2D eigenvalue weighted by Crippen LogP contribution is -2.09. The second kappa shape index (κ2) is 11.8. The third kappa shape index (κ3) is 4.62. The topological polar surface area (TPSA) is 51.6 Å². The van der Waals surface area contributed by atoms with Gasteiger partial charge in [-0.2, -0.15) is 0 Å². The number of aromatic nitrogens is 4. The fourth-order valence-electron chi connectivity index (χ4n) is 8.50. The molecule has 1 atom stereocenters. The van der Waals surface area contributed by atoms with Crippen LogP contribution >= 0.6 is 0 Å². The van der Waals surface area contributed by atoms with E-state index in [9.17, 15) is 0 Å². The number of pyridine rings is 1. The van der Waals surface area contributed by atoms with Crippen molar-refractivity contribution >= 4 is 10.8 Å². The number of benzene rings is 7. The first-order valence-corrected chi connectivity index (χ1v) is 18.0. The molecule has 0 N–H and O–H groups in total. The summed E-state index contributed by atoms with van der Waals surface area (Å²) in [7, 11) is 0. The quantitative estimate of drug-likeness (QED) is 0.186. The molecule has 7 aromatic carbocycles. The van der Waals surface area contributed by atoms with E-state index in [1.54, 1.807) is 0 Å². The van der Waals surface area contributed by atoms with Gasteiger partial charge in [-0.1, -0.05) is 158 Å². The molecule has 0 radical (unpaired) electrons. The van der Waals surface area contributed by atoms with Crippen LogP contribution in [0.1, 0.15) is 22.9 Å². The van der Waals surface area contributed by atoms with Gasteiger partial charge in [-0.15, -0.1) is 0 Å². The van der Waals surface area contributed by atoms with Crippen molar-refractivity contribution in [1.82, 2.24) is 19.9 Å². The molecule has 11 rings (SSSR count). The molecule has 2 aliphatic rings. The van der Waals surface area contributed by atoms with E-state index in [0.29, 0.717) is 11.6 Å². The Hall–Kier alpha value is -7.04. The predicted molar refractivity (Wildman–Crippen MR) is 214 cm³/mol. The average molecular weight is 675 g/mol. The zero-order chi connectivity index (χ0) is 34.9. The molecule has 0 fully saturated rings. The van der Waals surface area contributed by atoms with E-state index in [-0.39, 0.29) is 5.92 Å². The number of nitrogens with zero attached hydrogens (tertiary/aromatic N) is 4. The van der Waals surface area contributed by atoms with Gasteiger partial charge in [0.15, 0.2) is 11.6 Å². The van der Waals surface area contributed by atoms with Crippen LogP contribution in [0.4, 0.5) is 0 Å². The van der Waals surface area contributed by atoms with Gasteiger partial charge in [-0.3, -0.25) is 4.98 Å². The van der Waals surface area contributed by atoms with E-state index in [4.69, 9.17) is 19.9 Å². The number of hydrogen-bond acceptors (Lipinski definition) is 4. The van der Waals surface area contributed by atoms with Crippen LogP contribution < -0.4 is 0 Å². The summed E-state index contributed by atoms with van der Waals surface area (Å²) < 4.78 is 0. The highest BCUT2D eigenvalue weighted by atomic mass is 15.0. The van der Waals surface area contributed by atoms with Gasteiger partial charge in [0, 0.05) is 29.1 Å². The lowest BCUT2D eigenvalue weighted by Gasteiger charge is -2.18. The first-order chi connectivity index (χ1) is 26.3. The smallest absolute Gasteiger partial charge is 0.163 e. The highest BCUT2D eigenvalue weighted by Gasteiger charge is 2.37. The Morgan fingerprint density at radius 2 is 0.962 bits per heavy atom. The fraction of sp³-hybridized carbons (Fsp3) is 0.0204. The minimum Gasteiger partial charge on any atom is -0.264 e. The molecule has 53 heavy (non-hydrogen) atoms. The Morgan fingerprint density at radius 1 is 0.358 bits per heavy atom. The first kappa shape index (κ1) is 29.7. The molecule has 2 aromatic heterocycles. The van der Waals surface area contributed by atoms with Crippen molar-refractivity contribution in [2.45, 2.75) is 5.92 Å². The van der Waals surface area contributed by atoms with Gasteiger partial charge in [0.05, 0.1) is 5.92 Å². The zero-order valence-electron chi connectivity index (χ0n) is 28.6. The molecule has 4 nitrogen and oxygen atoms in total. The summed E-state index contributed by atoms with van der Waals surface area (Å²) >= 11 is 0. The van der Waals surface area contributed by atoms with Crippen molar-refractivity contribution in [2.75, 3.05) is 0 Å². The normalized spacial score (nSPS) is 13.5. The Morgan fingerprint density at radius 3 is 1.72 bits per heavy atom. The van der Waals surface area contributed by atoms with Crippen molar-refractivity contribution in [3.63, 3.8) is 0 Å². The summed E-state index contributed by atoms with van der Waals surface area (Å²) in [6.45, 7) is 0. The van der Waals surface area contributed by atoms with Crippen LogP contribution in [-0.4, -0.2) is 19.9 Å². The maximum absolute atomic E-state index is 5.32. The molecule has 0 bridgehead atoms. The van der Waals surface area contributed by atoms with Crippen LogP contribution in [0.25, 0.3) is 89.2 Å². The molecule has 0 saturated heterocycles. The molecule has 0 spiro atoms. The van der Waals surface area contributed by atoms with Crippen molar-refractivity contribution in [3.05, 3.63) is 193 Å². The van der Waals surface area contributed by atoms with E-state index in [1.807, 2.05) is 36.7 Å². The maximum Gasteiger partial charge on any atom is 0.163 e. The van der Waals surface area contributed by atoms with E-state index in [1.165, 1.54) is 66.4 Å². The summed E-state index contributed by atoms with van der Waals surface area (Å²) in [5.74, 6) is 1.86. The van der Waals surface area contributed by atoms with Crippen LogP contribution in [0, 0.1) is 0 Å². The van der Waals surface area contributed by atoms with Crippen LogP contribution in [-0.2, 0) is 0 Å². The third-order valence-electron chi connectivity index (χ3n) is 10.9. The summed E-state index contributed by atoms with van der Waals surface area (Å²) in [6, 6.07) is 58.0. The molecule has 246 valence electrons. The van der Waals surface area contributed by atoms with Gasteiger partial charge in [-0.25, -0.2) is 15.0 Å². The molecule has 0 amide bonds. The highest BCUT2D eigenvalue weighted by Crippen LogP contribution is 2.57. The van der Waals surface area contributed by atoms with E-state index < -0.39 is 0 Å². The molecule has 2 aliphatic carbocycles. The van der Waals surface area contributed by atoms with Gasteiger partial charge in [-0.05, 0) is 78.0 Å². The van der Waals surface area contributed by atoms with E-state index in [2.05, 4.69) is 140 Å². The number of hydrogen-bond donors (Lipinski definition) is 0. The van der Waals surface area contributed by atoms with Gasteiger partial charge >= 0.3 is 0 Å². The lowest BCUT2D eigenvalue weighted by molar-refractivity contribution is 0.856. The predicted octanol–water partition coefficient (Wildman–Crippen LogP) is 11.9. The minimum absolute atomic E-state index is 0.194. The number of fused-ring (bicyclic) bond motifs is 9. The van der Waals surface area contributed by atoms with Crippen molar-refractivity contribution in [3.8, 4) is 78.4 Å². The minimum atomic E-state index is -0.194. The molecular weight excluding hydrogens is 645 g/mol. The Labute approximate surface area is 307 Å². The standard InChI is InChI=1S/C49H30N4/c1-3-11-30(12-4-1)31-21-23-34(24-22-31)48-51-47(33-13-5-2-6-14-33)52-49(53-48)46-39-18-8-7-17-38(39)44-41(46)26-25-40-37-20-10-16-32-15-9-19-36(43(32)37)35-27-28-50-29-42(35)45(40)44/h1-29,46H. The third-order valence-corrected chi connectivity index (χ3v) is 10.9. The Bertz CT molecular complexity index is 2880. The number of rotatable bonds is 4. The van der Waals surface area contributed by atoms with Gasteiger partial charge in [0.1, 0.15) is 5.82 Å². The van der Waals surface area contributed by atoms with Crippen LogP contribution in [0.2, 0.25) is 0 Å². The van der Waals surface area contributed by atoms with Gasteiger partial charge < -0.3 is 0 Å². The van der Waals surface area contributed by atoms with E-state index in [0.717, 1.165) is 28.1 Å². The first-order valence-electron chi connectivity index (χ1n) is 18.0. The monoisotopic (exact) mass is 674 g/mol. The average Bonchev–Trinajstić information content (AvgIpc) is 3.52. The molecule has 4 heteroatoms. The molecule has 0 saturated carbocycles. The summed E-state index contributed by atoms with van der Waals surface area (Å²) in [4.78, 5) is 20.4. The fourth-order valence-corrected chi connectivity index (χ4v) is 8.50. The second-order valence-corrected chi connectivity index (χ2v) is 13.8. The van der Waals surface area contributed by atoms with Gasteiger partial charge in [0.25, 0.3) is 0 Å². The van der Waals surface area contributed by atoms with Crippen LogP contribution in [0.5, 0.6) is 0 Å². The largest absolute Gasteiger partial charge is 0.264 e.